The number of alkyl halides is 3. The van der Waals surface area contributed by atoms with Gasteiger partial charge in [-0.3, -0.25) is 4.90 Å². The van der Waals surface area contributed by atoms with Crippen LogP contribution >= 0.6 is 0 Å². The number of aromatic nitrogens is 3. The molecule has 1 aromatic heterocycles. The van der Waals surface area contributed by atoms with Crippen molar-refractivity contribution >= 4 is 23.3 Å². The van der Waals surface area contributed by atoms with Crippen LogP contribution in [0.1, 0.15) is 12.5 Å². The molecule has 0 spiro atoms. The first kappa shape index (κ1) is 21.8. The number of nitrogens with zero attached hydrogens (tertiary/aromatic N) is 5. The topological polar surface area (TPSA) is 66.4 Å². The van der Waals surface area contributed by atoms with E-state index in [1.54, 1.807) is 35.2 Å². The number of anilines is 4. The van der Waals surface area contributed by atoms with Crippen molar-refractivity contribution in [3.05, 3.63) is 60.2 Å². The molecule has 7 nitrogen and oxygen atoms in total. The first-order valence-electron chi connectivity index (χ1n) is 10.3. The Kier molecular flexibility index (Phi) is 6.40. The summed E-state index contributed by atoms with van der Waals surface area (Å²) in [6, 6.07) is 14.2. The molecule has 32 heavy (non-hydrogen) atoms. The Morgan fingerprint density at radius 3 is 2.38 bits per heavy atom. The zero-order chi connectivity index (χ0) is 22.6. The van der Waals surface area contributed by atoms with E-state index in [0.29, 0.717) is 31.3 Å². The molecular weight excluding hydrogens is 421 g/mol. The molecular formula is C22H23F3N6O. The number of hydrogen-bond acceptors (Lipinski definition) is 7. The van der Waals surface area contributed by atoms with Gasteiger partial charge < -0.3 is 15.0 Å². The van der Waals surface area contributed by atoms with Crippen molar-refractivity contribution in [2.75, 3.05) is 42.6 Å². The summed E-state index contributed by atoms with van der Waals surface area (Å²) in [5.74, 6) is 0.607. The maximum absolute atomic E-state index is 13.4. The number of benzene rings is 2. The van der Waals surface area contributed by atoms with Crippen molar-refractivity contribution < 1.29 is 17.9 Å². The highest BCUT2D eigenvalue weighted by Gasteiger charge is 2.31. The second kappa shape index (κ2) is 9.39. The number of ether oxygens (including phenoxy) is 1. The van der Waals surface area contributed by atoms with Crippen LogP contribution < -0.4 is 19.9 Å². The van der Waals surface area contributed by atoms with Gasteiger partial charge in [0.05, 0.1) is 12.2 Å². The van der Waals surface area contributed by atoms with Gasteiger partial charge in [-0.1, -0.05) is 24.3 Å². The molecule has 3 aromatic rings. The number of para-hydroxylation sites is 1. The van der Waals surface area contributed by atoms with Gasteiger partial charge in [0, 0.05) is 37.6 Å². The van der Waals surface area contributed by atoms with Crippen molar-refractivity contribution in [2.24, 2.45) is 0 Å². The standard InChI is InChI=1S/C22H23F3N6O/c1-2-32-21-28-19(30-13-11-26-12-14-30)27-20(29-21)31(17-8-4-3-5-9-17)18-10-6-7-16(15-18)22(23,24)25/h3-10,15,26H,2,11-14H2,1H3. The van der Waals surface area contributed by atoms with Crippen LogP contribution in [0, 0.1) is 0 Å². The Morgan fingerprint density at radius 1 is 0.969 bits per heavy atom. The summed E-state index contributed by atoms with van der Waals surface area (Å²) < 4.78 is 45.8. The van der Waals surface area contributed by atoms with Gasteiger partial charge >= 0.3 is 12.2 Å². The highest BCUT2D eigenvalue weighted by molar-refractivity contribution is 5.73. The molecule has 10 heteroatoms. The van der Waals surface area contributed by atoms with Gasteiger partial charge in [0.2, 0.25) is 11.9 Å². The molecule has 0 saturated carbocycles. The van der Waals surface area contributed by atoms with Crippen molar-refractivity contribution in [2.45, 2.75) is 13.1 Å². The van der Waals surface area contributed by atoms with Crippen LogP contribution in [0.2, 0.25) is 0 Å². The Morgan fingerprint density at radius 2 is 1.69 bits per heavy atom. The van der Waals surface area contributed by atoms with E-state index in [1.807, 2.05) is 17.9 Å². The summed E-state index contributed by atoms with van der Waals surface area (Å²) in [7, 11) is 0. The average Bonchev–Trinajstić information content (AvgIpc) is 2.80. The van der Waals surface area contributed by atoms with Crippen LogP contribution in [0.4, 0.5) is 36.4 Å². The first-order chi connectivity index (χ1) is 15.5. The minimum atomic E-state index is -4.47. The highest BCUT2D eigenvalue weighted by Crippen LogP contribution is 2.37. The smallest absolute Gasteiger partial charge is 0.416 e. The molecule has 0 unspecified atom stereocenters. The van der Waals surface area contributed by atoms with Crippen molar-refractivity contribution in [1.82, 2.24) is 20.3 Å². The molecule has 0 amide bonds. The van der Waals surface area contributed by atoms with Gasteiger partial charge in [-0.15, -0.1) is 0 Å². The molecule has 0 atom stereocenters. The summed E-state index contributed by atoms with van der Waals surface area (Å²) >= 11 is 0. The van der Waals surface area contributed by atoms with Crippen molar-refractivity contribution in [3.8, 4) is 6.01 Å². The van der Waals surface area contributed by atoms with Crippen molar-refractivity contribution in [3.63, 3.8) is 0 Å². The lowest BCUT2D eigenvalue weighted by molar-refractivity contribution is -0.137. The lowest BCUT2D eigenvalue weighted by Gasteiger charge is -2.29. The summed E-state index contributed by atoms with van der Waals surface area (Å²) in [5.41, 5.74) is 0.148. The lowest BCUT2D eigenvalue weighted by Crippen LogP contribution is -2.44. The summed E-state index contributed by atoms with van der Waals surface area (Å²) in [6.45, 7) is 5.12. The van der Waals surface area contributed by atoms with Crippen LogP contribution in [-0.4, -0.2) is 47.7 Å². The van der Waals surface area contributed by atoms with E-state index in [2.05, 4.69) is 20.3 Å². The molecule has 168 valence electrons. The maximum Gasteiger partial charge on any atom is 0.416 e. The highest BCUT2D eigenvalue weighted by atomic mass is 19.4. The number of halogens is 3. The molecule has 1 aliphatic heterocycles. The van der Waals surface area contributed by atoms with Gasteiger partial charge in [-0.2, -0.15) is 28.1 Å². The minimum Gasteiger partial charge on any atom is -0.464 e. The fourth-order valence-corrected chi connectivity index (χ4v) is 3.41. The molecule has 0 bridgehead atoms. The Hall–Kier alpha value is -3.40. The van der Waals surface area contributed by atoms with E-state index in [9.17, 15) is 13.2 Å². The molecule has 2 heterocycles. The van der Waals surface area contributed by atoms with E-state index in [0.717, 1.165) is 25.2 Å². The molecule has 1 aliphatic rings. The zero-order valence-electron chi connectivity index (χ0n) is 17.5. The second-order valence-electron chi connectivity index (χ2n) is 7.11. The quantitative estimate of drug-likeness (QED) is 0.612. The summed E-state index contributed by atoms with van der Waals surface area (Å²) in [5, 5.41) is 3.27. The molecule has 4 rings (SSSR count). The molecule has 0 radical (unpaired) electrons. The Bertz CT molecular complexity index is 1040. The van der Waals surface area contributed by atoms with Gasteiger partial charge in [0.25, 0.3) is 0 Å². The van der Waals surface area contributed by atoms with E-state index in [-0.39, 0.29) is 17.6 Å². The molecule has 1 fully saturated rings. The third-order valence-corrected chi connectivity index (χ3v) is 4.91. The van der Waals surface area contributed by atoms with E-state index in [1.165, 1.54) is 6.07 Å². The van der Waals surface area contributed by atoms with Gasteiger partial charge in [-0.05, 0) is 37.3 Å². The zero-order valence-corrected chi connectivity index (χ0v) is 17.5. The van der Waals surface area contributed by atoms with Crippen molar-refractivity contribution in [1.29, 1.82) is 0 Å². The SMILES string of the molecule is CCOc1nc(N2CCNCC2)nc(N(c2ccccc2)c2cccc(C(F)(F)F)c2)n1. The third kappa shape index (κ3) is 4.91. The first-order valence-corrected chi connectivity index (χ1v) is 10.3. The number of rotatable bonds is 6. The molecule has 0 aliphatic carbocycles. The fraction of sp³-hybridized carbons (Fsp3) is 0.318. The monoisotopic (exact) mass is 444 g/mol. The van der Waals surface area contributed by atoms with Crippen LogP contribution in [0.25, 0.3) is 0 Å². The second-order valence-corrected chi connectivity index (χ2v) is 7.11. The lowest BCUT2D eigenvalue weighted by atomic mass is 10.1. The largest absolute Gasteiger partial charge is 0.464 e. The molecule has 1 saturated heterocycles. The van der Waals surface area contributed by atoms with E-state index in [4.69, 9.17) is 4.74 Å². The molecule has 2 aromatic carbocycles. The van der Waals surface area contributed by atoms with Gasteiger partial charge in [0.15, 0.2) is 0 Å². The summed E-state index contributed by atoms with van der Waals surface area (Å²) in [6.07, 6.45) is -4.47. The Labute approximate surface area is 183 Å². The summed E-state index contributed by atoms with van der Waals surface area (Å²) in [4.78, 5) is 17.0. The predicted molar refractivity (Wildman–Crippen MR) is 116 cm³/mol. The van der Waals surface area contributed by atoms with Gasteiger partial charge in [0.1, 0.15) is 0 Å². The van der Waals surface area contributed by atoms with Crippen LogP contribution in [-0.2, 0) is 6.18 Å². The van der Waals surface area contributed by atoms with Gasteiger partial charge in [-0.25, -0.2) is 0 Å². The number of nitrogens with one attached hydrogen (secondary N) is 1. The minimum absolute atomic E-state index is 0.124. The fourth-order valence-electron chi connectivity index (χ4n) is 3.41. The van der Waals surface area contributed by atoms with E-state index >= 15 is 0 Å². The van der Waals surface area contributed by atoms with E-state index < -0.39 is 11.7 Å². The number of hydrogen-bond donors (Lipinski definition) is 1. The average molecular weight is 444 g/mol. The normalized spacial score (nSPS) is 14.3. The molecule has 1 N–H and O–H groups in total. The van der Waals surface area contributed by atoms with Crippen LogP contribution in [0.3, 0.4) is 0 Å². The third-order valence-electron chi connectivity index (χ3n) is 4.91. The predicted octanol–water partition coefficient (Wildman–Crippen LogP) is 4.17. The van der Waals surface area contributed by atoms with Crippen LogP contribution in [0.5, 0.6) is 6.01 Å². The Balaban J connectivity index is 1.85. The number of piperazine rings is 1. The van der Waals surface area contributed by atoms with Crippen LogP contribution in [0.15, 0.2) is 54.6 Å². The maximum atomic E-state index is 13.4.